The number of hydroxylamine groups is 2. The predicted molar refractivity (Wildman–Crippen MR) is 39.9 cm³/mol. The monoisotopic (exact) mass is 158 g/mol. The van der Waals surface area contributed by atoms with Crippen molar-refractivity contribution >= 4 is 0 Å². The van der Waals surface area contributed by atoms with Crippen LogP contribution in [0.1, 0.15) is 6.42 Å². The fourth-order valence-corrected chi connectivity index (χ4v) is 1.45. The summed E-state index contributed by atoms with van der Waals surface area (Å²) in [5.41, 5.74) is 0. The van der Waals surface area contributed by atoms with Crippen molar-refractivity contribution in [2.75, 3.05) is 32.9 Å². The molecule has 0 aliphatic carbocycles. The van der Waals surface area contributed by atoms with Crippen molar-refractivity contribution in [3.8, 4) is 0 Å². The molecular weight excluding hydrogens is 144 g/mol. The molecule has 4 heteroatoms. The molecule has 1 atom stereocenters. The van der Waals surface area contributed by atoms with Crippen LogP contribution >= 0.6 is 0 Å². The van der Waals surface area contributed by atoms with Gasteiger partial charge in [-0.1, -0.05) is 0 Å². The summed E-state index contributed by atoms with van der Waals surface area (Å²) in [6.45, 7) is 4.40. The Morgan fingerprint density at radius 2 is 2.36 bits per heavy atom. The summed E-state index contributed by atoms with van der Waals surface area (Å²) in [5, 5.41) is 5.32. The van der Waals surface area contributed by atoms with Gasteiger partial charge in [0.1, 0.15) is 6.17 Å². The molecule has 2 heterocycles. The highest BCUT2D eigenvalue weighted by Gasteiger charge is 2.24. The smallest absolute Gasteiger partial charge is 0.108 e. The number of morpholine rings is 1. The van der Waals surface area contributed by atoms with Gasteiger partial charge in [0.2, 0.25) is 0 Å². The van der Waals surface area contributed by atoms with E-state index in [2.05, 4.69) is 5.32 Å². The minimum absolute atomic E-state index is 0.284. The summed E-state index contributed by atoms with van der Waals surface area (Å²) in [7, 11) is 0. The van der Waals surface area contributed by atoms with Gasteiger partial charge < -0.3 is 4.74 Å². The van der Waals surface area contributed by atoms with Crippen molar-refractivity contribution in [2.24, 2.45) is 0 Å². The molecule has 0 aromatic rings. The van der Waals surface area contributed by atoms with Crippen molar-refractivity contribution in [2.45, 2.75) is 12.6 Å². The standard InChI is InChI=1S/C7H14N2O2/c1-3-9(11-4-1)7-6-10-5-2-8-7/h7-8H,1-6H2. The molecule has 2 saturated heterocycles. The maximum atomic E-state index is 5.38. The van der Waals surface area contributed by atoms with Gasteiger partial charge in [0.25, 0.3) is 0 Å². The number of hydrogen-bond acceptors (Lipinski definition) is 4. The van der Waals surface area contributed by atoms with E-state index in [1.54, 1.807) is 0 Å². The van der Waals surface area contributed by atoms with Gasteiger partial charge in [-0.05, 0) is 6.42 Å². The second kappa shape index (κ2) is 3.49. The topological polar surface area (TPSA) is 33.7 Å². The summed E-state index contributed by atoms with van der Waals surface area (Å²) in [6.07, 6.45) is 1.42. The number of nitrogens with zero attached hydrogens (tertiary/aromatic N) is 1. The number of rotatable bonds is 1. The molecule has 2 fully saturated rings. The normalized spacial score (nSPS) is 34.4. The third-order valence-corrected chi connectivity index (χ3v) is 2.03. The van der Waals surface area contributed by atoms with E-state index in [1.165, 1.54) is 0 Å². The van der Waals surface area contributed by atoms with E-state index in [0.717, 1.165) is 39.3 Å². The number of ether oxygens (including phenoxy) is 1. The first-order valence-corrected chi connectivity index (χ1v) is 4.17. The zero-order valence-corrected chi connectivity index (χ0v) is 6.58. The van der Waals surface area contributed by atoms with Crippen molar-refractivity contribution in [1.29, 1.82) is 0 Å². The first-order chi connectivity index (χ1) is 5.47. The fourth-order valence-electron chi connectivity index (χ4n) is 1.45. The molecule has 2 rings (SSSR count). The van der Waals surface area contributed by atoms with Crippen LogP contribution in [0.2, 0.25) is 0 Å². The lowest BCUT2D eigenvalue weighted by Gasteiger charge is -2.30. The van der Waals surface area contributed by atoms with Crippen LogP contribution in [0.25, 0.3) is 0 Å². The highest BCUT2D eigenvalue weighted by Crippen LogP contribution is 2.09. The first-order valence-electron chi connectivity index (χ1n) is 4.17. The Morgan fingerprint density at radius 3 is 3.00 bits per heavy atom. The van der Waals surface area contributed by atoms with Crippen LogP contribution in [0.4, 0.5) is 0 Å². The van der Waals surface area contributed by atoms with Crippen LogP contribution in [-0.4, -0.2) is 44.1 Å². The van der Waals surface area contributed by atoms with E-state index in [9.17, 15) is 0 Å². The second-order valence-corrected chi connectivity index (χ2v) is 2.87. The minimum Gasteiger partial charge on any atom is -0.377 e. The van der Waals surface area contributed by atoms with Crippen LogP contribution in [0, 0.1) is 0 Å². The zero-order valence-electron chi connectivity index (χ0n) is 6.58. The molecule has 4 nitrogen and oxygen atoms in total. The van der Waals surface area contributed by atoms with E-state index in [4.69, 9.17) is 9.57 Å². The molecule has 0 aromatic heterocycles. The van der Waals surface area contributed by atoms with Crippen LogP contribution in [0.3, 0.4) is 0 Å². The molecule has 64 valence electrons. The zero-order chi connectivity index (χ0) is 7.52. The molecule has 11 heavy (non-hydrogen) atoms. The van der Waals surface area contributed by atoms with Gasteiger partial charge in [0, 0.05) is 13.1 Å². The van der Waals surface area contributed by atoms with E-state index in [1.807, 2.05) is 5.06 Å². The van der Waals surface area contributed by atoms with Crippen molar-refractivity contribution in [3.63, 3.8) is 0 Å². The van der Waals surface area contributed by atoms with Crippen LogP contribution in [0.5, 0.6) is 0 Å². The summed E-state index contributed by atoms with van der Waals surface area (Å²) in [5.74, 6) is 0. The highest BCUT2D eigenvalue weighted by atomic mass is 16.7. The molecule has 0 saturated carbocycles. The maximum Gasteiger partial charge on any atom is 0.108 e. The Kier molecular flexibility index (Phi) is 2.38. The van der Waals surface area contributed by atoms with Crippen molar-refractivity contribution < 1.29 is 9.57 Å². The van der Waals surface area contributed by atoms with E-state index in [-0.39, 0.29) is 6.17 Å². The summed E-state index contributed by atoms with van der Waals surface area (Å²) < 4.78 is 5.31. The summed E-state index contributed by atoms with van der Waals surface area (Å²) >= 11 is 0. The largest absolute Gasteiger partial charge is 0.377 e. The van der Waals surface area contributed by atoms with Gasteiger partial charge in [-0.3, -0.25) is 10.2 Å². The first kappa shape index (κ1) is 7.49. The molecule has 2 aliphatic heterocycles. The summed E-state index contributed by atoms with van der Waals surface area (Å²) in [6, 6.07) is 0. The molecule has 0 amide bonds. The second-order valence-electron chi connectivity index (χ2n) is 2.87. The van der Waals surface area contributed by atoms with Crippen LogP contribution in [-0.2, 0) is 9.57 Å². The molecule has 1 unspecified atom stereocenters. The molecule has 0 spiro atoms. The highest BCUT2D eigenvalue weighted by molar-refractivity contribution is 4.69. The Morgan fingerprint density at radius 1 is 1.36 bits per heavy atom. The number of nitrogens with one attached hydrogen (secondary N) is 1. The Labute approximate surface area is 66.4 Å². The SMILES string of the molecule is C1CON(C2COCCN2)C1. The molecule has 0 aromatic carbocycles. The van der Waals surface area contributed by atoms with Crippen LogP contribution in [0.15, 0.2) is 0 Å². The average Bonchev–Trinajstić information content (AvgIpc) is 2.58. The number of hydrogen-bond donors (Lipinski definition) is 1. The lowest BCUT2D eigenvalue weighted by atomic mass is 10.4. The van der Waals surface area contributed by atoms with Gasteiger partial charge in [-0.15, -0.1) is 0 Å². The van der Waals surface area contributed by atoms with Crippen LogP contribution < -0.4 is 5.32 Å². The van der Waals surface area contributed by atoms with Gasteiger partial charge >= 0.3 is 0 Å². The molecule has 1 N–H and O–H groups in total. The molecule has 0 bridgehead atoms. The van der Waals surface area contributed by atoms with Crippen molar-refractivity contribution in [1.82, 2.24) is 10.4 Å². The average molecular weight is 158 g/mol. The third-order valence-electron chi connectivity index (χ3n) is 2.03. The molecule has 0 radical (unpaired) electrons. The molecular formula is C7H14N2O2. The van der Waals surface area contributed by atoms with E-state index in [0.29, 0.717) is 0 Å². The Balaban J connectivity index is 1.82. The Hall–Kier alpha value is -0.160. The van der Waals surface area contributed by atoms with E-state index < -0.39 is 0 Å². The van der Waals surface area contributed by atoms with Gasteiger partial charge in [0.15, 0.2) is 0 Å². The minimum atomic E-state index is 0.284. The quantitative estimate of drug-likeness (QED) is 0.561. The lowest BCUT2D eigenvalue weighted by molar-refractivity contribution is -0.172. The van der Waals surface area contributed by atoms with Crippen molar-refractivity contribution in [3.05, 3.63) is 0 Å². The van der Waals surface area contributed by atoms with E-state index >= 15 is 0 Å². The third kappa shape index (κ3) is 1.70. The van der Waals surface area contributed by atoms with Gasteiger partial charge in [-0.25, -0.2) is 0 Å². The van der Waals surface area contributed by atoms with Gasteiger partial charge in [0.05, 0.1) is 19.8 Å². The maximum absolute atomic E-state index is 5.38. The fraction of sp³-hybridized carbons (Fsp3) is 1.00. The van der Waals surface area contributed by atoms with Gasteiger partial charge in [-0.2, -0.15) is 5.06 Å². The summed E-state index contributed by atoms with van der Waals surface area (Å²) in [4.78, 5) is 5.38. The lowest BCUT2D eigenvalue weighted by Crippen LogP contribution is -2.51. The predicted octanol–water partition coefficient (Wildman–Crippen LogP) is -0.430. The molecule has 2 aliphatic rings. The Bertz CT molecular complexity index is 120.